The van der Waals surface area contributed by atoms with Gasteiger partial charge in [0.2, 0.25) is 5.88 Å². The molecule has 1 amide bonds. The Hall–Kier alpha value is -2.34. The molecular weight excluding hydrogens is 330 g/mol. The molecule has 0 atom stereocenters. The molecule has 6 heteroatoms. The normalized spacial score (nSPS) is 13.6. The van der Waals surface area contributed by atoms with Gasteiger partial charge in [-0.15, -0.1) is 0 Å². The van der Waals surface area contributed by atoms with E-state index in [2.05, 4.69) is 9.55 Å². The summed E-state index contributed by atoms with van der Waals surface area (Å²) in [5.41, 5.74) is 5.00. The molecule has 0 saturated carbocycles. The summed E-state index contributed by atoms with van der Waals surface area (Å²) >= 11 is 0. The van der Waals surface area contributed by atoms with Crippen LogP contribution in [0.1, 0.15) is 39.9 Å². The first-order valence-electron chi connectivity index (χ1n) is 9.11. The predicted octanol–water partition coefficient (Wildman–Crippen LogP) is 2.74. The minimum Gasteiger partial charge on any atom is -0.478 e. The average Bonchev–Trinajstić information content (AvgIpc) is 2.93. The van der Waals surface area contributed by atoms with Gasteiger partial charge in [0.1, 0.15) is 0 Å². The monoisotopic (exact) mass is 357 g/mol. The summed E-state index contributed by atoms with van der Waals surface area (Å²) in [5, 5.41) is 0. The lowest BCUT2D eigenvalue weighted by Gasteiger charge is -2.28. The molecule has 3 heterocycles. The fourth-order valence-corrected chi connectivity index (χ4v) is 3.51. The lowest BCUT2D eigenvalue weighted by molar-refractivity contribution is 0.0732. The zero-order valence-electron chi connectivity index (χ0n) is 16.0. The largest absolute Gasteiger partial charge is 0.478 e. The number of hydrogen-bond donors (Lipinski definition) is 0. The number of methoxy groups -OCH3 is 1. The minimum absolute atomic E-state index is 0.0845. The zero-order chi connectivity index (χ0) is 18.7. The lowest BCUT2D eigenvalue weighted by atomic mass is 10.0. The fraction of sp³-hybridized carbons (Fsp3) is 0.500. The Bertz CT molecular complexity index is 798. The first kappa shape index (κ1) is 18.5. The number of aromatic nitrogens is 2. The van der Waals surface area contributed by atoms with Gasteiger partial charge in [0.05, 0.1) is 24.5 Å². The van der Waals surface area contributed by atoms with E-state index in [1.54, 1.807) is 7.11 Å². The van der Waals surface area contributed by atoms with Crippen LogP contribution in [0.25, 0.3) is 0 Å². The van der Waals surface area contributed by atoms with E-state index in [1.165, 1.54) is 0 Å². The number of rotatable bonds is 6. The number of ether oxygens (including phenoxy) is 2. The molecule has 0 radical (unpaired) electrons. The SMILES string of the molecule is CCOc1ccc2c(n1)CCN(C(=O)c1cc(C)n(CCOC)c1C)C2. The molecule has 0 aromatic carbocycles. The van der Waals surface area contributed by atoms with Crippen LogP contribution in [0.2, 0.25) is 0 Å². The van der Waals surface area contributed by atoms with E-state index in [1.807, 2.05) is 43.9 Å². The number of nitrogens with zero attached hydrogens (tertiary/aromatic N) is 3. The third kappa shape index (κ3) is 3.60. The highest BCUT2D eigenvalue weighted by atomic mass is 16.5. The van der Waals surface area contributed by atoms with Gasteiger partial charge in [-0.2, -0.15) is 0 Å². The number of carbonyl (C=O) groups is 1. The van der Waals surface area contributed by atoms with Gasteiger partial charge in [0.15, 0.2) is 0 Å². The van der Waals surface area contributed by atoms with Gasteiger partial charge >= 0.3 is 0 Å². The van der Waals surface area contributed by atoms with Crippen molar-refractivity contribution in [3.05, 3.63) is 46.4 Å². The van der Waals surface area contributed by atoms with Gasteiger partial charge in [0, 0.05) is 50.6 Å². The second-order valence-electron chi connectivity index (χ2n) is 6.59. The third-order valence-corrected chi connectivity index (χ3v) is 4.93. The summed E-state index contributed by atoms with van der Waals surface area (Å²) in [7, 11) is 1.69. The lowest BCUT2D eigenvalue weighted by Crippen LogP contribution is -2.36. The highest BCUT2D eigenvalue weighted by Crippen LogP contribution is 2.24. The maximum atomic E-state index is 13.1. The number of carbonyl (C=O) groups excluding carboxylic acids is 1. The van der Waals surface area contributed by atoms with E-state index in [0.29, 0.717) is 32.2 Å². The van der Waals surface area contributed by atoms with Crippen molar-refractivity contribution in [3.8, 4) is 5.88 Å². The molecule has 0 fully saturated rings. The molecule has 3 rings (SSSR count). The molecule has 0 spiro atoms. The molecule has 0 N–H and O–H groups in total. The third-order valence-electron chi connectivity index (χ3n) is 4.93. The summed E-state index contributed by atoms with van der Waals surface area (Å²) in [4.78, 5) is 19.5. The molecule has 6 nitrogen and oxygen atoms in total. The van der Waals surface area contributed by atoms with E-state index >= 15 is 0 Å². The molecule has 2 aromatic rings. The highest BCUT2D eigenvalue weighted by Gasteiger charge is 2.25. The summed E-state index contributed by atoms with van der Waals surface area (Å²) in [6.45, 7) is 9.25. The van der Waals surface area contributed by atoms with Gasteiger partial charge in [-0.25, -0.2) is 4.98 Å². The number of fused-ring (bicyclic) bond motifs is 1. The van der Waals surface area contributed by atoms with Crippen LogP contribution in [0.4, 0.5) is 0 Å². The van der Waals surface area contributed by atoms with Crippen molar-refractivity contribution in [2.24, 2.45) is 0 Å². The Morgan fingerprint density at radius 2 is 2.12 bits per heavy atom. The van der Waals surface area contributed by atoms with Gasteiger partial charge < -0.3 is 18.9 Å². The first-order valence-corrected chi connectivity index (χ1v) is 9.11. The van der Waals surface area contributed by atoms with Crippen molar-refractivity contribution in [1.82, 2.24) is 14.5 Å². The molecule has 140 valence electrons. The van der Waals surface area contributed by atoms with Crippen molar-refractivity contribution in [2.45, 2.75) is 40.3 Å². The summed E-state index contributed by atoms with van der Waals surface area (Å²) in [6, 6.07) is 5.89. The number of amides is 1. The van der Waals surface area contributed by atoms with Gasteiger partial charge in [0.25, 0.3) is 5.91 Å². The fourth-order valence-electron chi connectivity index (χ4n) is 3.51. The molecule has 0 aliphatic carbocycles. The van der Waals surface area contributed by atoms with Crippen LogP contribution < -0.4 is 4.74 Å². The van der Waals surface area contributed by atoms with E-state index in [0.717, 1.165) is 41.2 Å². The van der Waals surface area contributed by atoms with Crippen molar-refractivity contribution in [1.29, 1.82) is 0 Å². The predicted molar refractivity (Wildman–Crippen MR) is 99.6 cm³/mol. The Labute approximate surface area is 154 Å². The topological polar surface area (TPSA) is 56.6 Å². The second kappa shape index (κ2) is 7.91. The summed E-state index contributed by atoms with van der Waals surface area (Å²) in [6.07, 6.45) is 0.754. The van der Waals surface area contributed by atoms with Gasteiger partial charge in [-0.3, -0.25) is 4.79 Å². The van der Waals surface area contributed by atoms with Crippen LogP contribution in [-0.4, -0.2) is 47.2 Å². The van der Waals surface area contributed by atoms with Crippen molar-refractivity contribution < 1.29 is 14.3 Å². The maximum Gasteiger partial charge on any atom is 0.255 e. The average molecular weight is 357 g/mol. The number of aryl methyl sites for hydroxylation is 1. The van der Waals surface area contributed by atoms with Crippen LogP contribution in [0.15, 0.2) is 18.2 Å². The molecule has 0 bridgehead atoms. The minimum atomic E-state index is 0.0845. The van der Waals surface area contributed by atoms with E-state index in [4.69, 9.17) is 9.47 Å². The van der Waals surface area contributed by atoms with Crippen LogP contribution in [0, 0.1) is 13.8 Å². The van der Waals surface area contributed by atoms with Gasteiger partial charge in [-0.05, 0) is 32.4 Å². The second-order valence-corrected chi connectivity index (χ2v) is 6.59. The quantitative estimate of drug-likeness (QED) is 0.798. The van der Waals surface area contributed by atoms with Crippen LogP contribution in [0.5, 0.6) is 5.88 Å². The van der Waals surface area contributed by atoms with E-state index in [9.17, 15) is 4.79 Å². The highest BCUT2D eigenvalue weighted by molar-refractivity contribution is 5.95. The summed E-state index contributed by atoms with van der Waals surface area (Å²) < 4.78 is 12.8. The maximum absolute atomic E-state index is 13.1. The molecule has 2 aromatic heterocycles. The first-order chi connectivity index (χ1) is 12.5. The smallest absolute Gasteiger partial charge is 0.255 e. The molecular formula is C20H27N3O3. The Balaban J connectivity index is 1.77. The van der Waals surface area contributed by atoms with Crippen LogP contribution >= 0.6 is 0 Å². The van der Waals surface area contributed by atoms with Crippen molar-refractivity contribution >= 4 is 5.91 Å². The molecule has 1 aliphatic heterocycles. The molecule has 1 aliphatic rings. The Morgan fingerprint density at radius 1 is 1.31 bits per heavy atom. The van der Waals surface area contributed by atoms with Crippen molar-refractivity contribution in [2.75, 3.05) is 26.9 Å². The Morgan fingerprint density at radius 3 is 2.85 bits per heavy atom. The molecule has 0 saturated heterocycles. The number of pyridine rings is 1. The Kier molecular flexibility index (Phi) is 5.61. The van der Waals surface area contributed by atoms with Gasteiger partial charge in [-0.1, -0.05) is 6.07 Å². The molecule has 0 unspecified atom stereocenters. The van der Waals surface area contributed by atoms with Crippen LogP contribution in [-0.2, 0) is 24.2 Å². The van der Waals surface area contributed by atoms with E-state index < -0.39 is 0 Å². The van der Waals surface area contributed by atoms with E-state index in [-0.39, 0.29) is 5.91 Å². The standard InChI is InChI=1S/C20H27N3O3/c1-5-26-19-7-6-16-13-22(9-8-18(16)21-19)20(24)17-12-14(2)23(15(17)3)10-11-25-4/h6-7,12H,5,8-11,13H2,1-4H3. The molecule has 26 heavy (non-hydrogen) atoms. The number of hydrogen-bond acceptors (Lipinski definition) is 4. The zero-order valence-corrected chi connectivity index (χ0v) is 16.0. The van der Waals surface area contributed by atoms with Crippen molar-refractivity contribution in [3.63, 3.8) is 0 Å². The summed E-state index contributed by atoms with van der Waals surface area (Å²) in [5.74, 6) is 0.744. The van der Waals surface area contributed by atoms with Crippen LogP contribution in [0.3, 0.4) is 0 Å².